The first-order chi connectivity index (χ1) is 8.13. The van der Waals surface area contributed by atoms with Crippen LogP contribution < -0.4 is 11.1 Å². The zero-order valence-corrected chi connectivity index (χ0v) is 10.5. The molecule has 0 atom stereocenters. The van der Waals surface area contributed by atoms with Gasteiger partial charge in [-0.2, -0.15) is 0 Å². The summed E-state index contributed by atoms with van der Waals surface area (Å²) < 4.78 is 0. The van der Waals surface area contributed by atoms with E-state index in [1.165, 1.54) is 0 Å². The molecule has 1 aliphatic rings. The van der Waals surface area contributed by atoms with E-state index >= 15 is 0 Å². The molecular weight excluding hydrogens is 238 g/mol. The van der Waals surface area contributed by atoms with Gasteiger partial charge in [0.2, 0.25) is 0 Å². The largest absolute Gasteiger partial charge is 0.399 e. The fourth-order valence-electron chi connectivity index (χ4n) is 2.21. The van der Waals surface area contributed by atoms with Crippen molar-refractivity contribution in [3.05, 3.63) is 17.3 Å². The number of hydrogen-bond acceptors (Lipinski definition) is 4. The zero-order valence-electron chi connectivity index (χ0n) is 9.69. The molecule has 1 heterocycles. The van der Waals surface area contributed by atoms with Crippen LogP contribution in [0, 0.1) is 5.92 Å². The number of pyridine rings is 1. The second-order valence-corrected chi connectivity index (χ2v) is 5.05. The van der Waals surface area contributed by atoms with Gasteiger partial charge in [0, 0.05) is 18.3 Å². The Labute approximate surface area is 106 Å². The summed E-state index contributed by atoms with van der Waals surface area (Å²) in [5, 5.41) is 13.1. The summed E-state index contributed by atoms with van der Waals surface area (Å²) in [6.07, 6.45) is 3.81. The first kappa shape index (κ1) is 12.5. The van der Waals surface area contributed by atoms with E-state index in [1.54, 1.807) is 12.1 Å². The number of hydrogen-bond donors (Lipinski definition) is 3. The van der Waals surface area contributed by atoms with Gasteiger partial charge >= 0.3 is 0 Å². The van der Waals surface area contributed by atoms with Gasteiger partial charge in [0.25, 0.3) is 0 Å². The van der Waals surface area contributed by atoms with Crippen LogP contribution in [0.25, 0.3) is 0 Å². The highest BCUT2D eigenvalue weighted by molar-refractivity contribution is 6.29. The Hall–Kier alpha value is -1.00. The van der Waals surface area contributed by atoms with Crippen LogP contribution >= 0.6 is 11.6 Å². The van der Waals surface area contributed by atoms with Gasteiger partial charge < -0.3 is 16.2 Å². The SMILES string of the molecule is Nc1cc(Cl)nc(NCC2CCC(O)CC2)c1. The molecule has 1 aliphatic carbocycles. The van der Waals surface area contributed by atoms with Gasteiger partial charge in [0.05, 0.1) is 6.10 Å². The maximum absolute atomic E-state index is 9.42. The minimum Gasteiger partial charge on any atom is -0.399 e. The smallest absolute Gasteiger partial charge is 0.133 e. The standard InChI is InChI=1S/C12H18ClN3O/c13-11-5-9(14)6-12(16-11)15-7-8-1-3-10(17)4-2-8/h5-6,8,10,17H,1-4,7H2,(H3,14,15,16). The number of nitrogens with two attached hydrogens (primary N) is 1. The number of aromatic nitrogens is 1. The highest BCUT2D eigenvalue weighted by Crippen LogP contribution is 2.24. The number of nitrogens with one attached hydrogen (secondary N) is 1. The summed E-state index contributed by atoms with van der Waals surface area (Å²) in [7, 11) is 0. The van der Waals surface area contributed by atoms with E-state index in [9.17, 15) is 5.11 Å². The van der Waals surface area contributed by atoms with Crippen molar-refractivity contribution in [2.45, 2.75) is 31.8 Å². The van der Waals surface area contributed by atoms with Crippen molar-refractivity contribution >= 4 is 23.1 Å². The third kappa shape index (κ3) is 3.75. The van der Waals surface area contributed by atoms with E-state index in [-0.39, 0.29) is 6.10 Å². The van der Waals surface area contributed by atoms with E-state index in [0.29, 0.717) is 16.8 Å². The van der Waals surface area contributed by atoms with Crippen LogP contribution in [0.2, 0.25) is 5.15 Å². The van der Waals surface area contributed by atoms with Crippen LogP contribution in [0.5, 0.6) is 0 Å². The molecule has 2 rings (SSSR count). The predicted octanol–water partition coefficient (Wildman–Crippen LogP) is 2.28. The molecule has 0 amide bonds. The lowest BCUT2D eigenvalue weighted by Gasteiger charge is -2.25. The number of nitrogens with zero attached hydrogens (tertiary/aromatic N) is 1. The normalized spacial score (nSPS) is 24.6. The van der Waals surface area contributed by atoms with E-state index in [2.05, 4.69) is 10.3 Å². The van der Waals surface area contributed by atoms with Gasteiger partial charge in [-0.15, -0.1) is 0 Å². The number of aliphatic hydroxyl groups is 1. The Bertz CT molecular complexity index is 358. The highest BCUT2D eigenvalue weighted by Gasteiger charge is 2.19. The zero-order chi connectivity index (χ0) is 12.3. The first-order valence-corrected chi connectivity index (χ1v) is 6.36. The second-order valence-electron chi connectivity index (χ2n) is 4.66. The molecule has 1 aromatic rings. The maximum Gasteiger partial charge on any atom is 0.133 e. The van der Waals surface area contributed by atoms with Crippen molar-refractivity contribution < 1.29 is 5.11 Å². The molecule has 0 spiro atoms. The first-order valence-electron chi connectivity index (χ1n) is 5.98. The van der Waals surface area contributed by atoms with Gasteiger partial charge in [0.1, 0.15) is 11.0 Å². The lowest BCUT2D eigenvalue weighted by molar-refractivity contribution is 0.111. The number of anilines is 2. The van der Waals surface area contributed by atoms with Crippen molar-refractivity contribution in [3.8, 4) is 0 Å². The van der Waals surface area contributed by atoms with Gasteiger partial charge in [-0.05, 0) is 37.7 Å². The molecule has 0 bridgehead atoms. The van der Waals surface area contributed by atoms with Crippen molar-refractivity contribution in [2.75, 3.05) is 17.6 Å². The Morgan fingerprint density at radius 2 is 2.06 bits per heavy atom. The van der Waals surface area contributed by atoms with Gasteiger partial charge in [-0.25, -0.2) is 4.98 Å². The molecular formula is C12H18ClN3O. The van der Waals surface area contributed by atoms with E-state index in [1.807, 2.05) is 0 Å². The summed E-state index contributed by atoms with van der Waals surface area (Å²) in [5.41, 5.74) is 6.31. The molecule has 0 radical (unpaired) electrons. The molecule has 0 aromatic carbocycles. The Kier molecular flexibility index (Phi) is 4.07. The average molecular weight is 256 g/mol. The Morgan fingerprint density at radius 1 is 1.35 bits per heavy atom. The minimum atomic E-state index is -0.105. The molecule has 1 fully saturated rings. The molecule has 17 heavy (non-hydrogen) atoms. The lowest BCUT2D eigenvalue weighted by atomic mass is 9.87. The molecule has 94 valence electrons. The second kappa shape index (κ2) is 5.56. The minimum absolute atomic E-state index is 0.105. The molecule has 1 saturated carbocycles. The fourth-order valence-corrected chi connectivity index (χ4v) is 2.42. The van der Waals surface area contributed by atoms with Crippen LogP contribution in [-0.4, -0.2) is 22.7 Å². The van der Waals surface area contributed by atoms with E-state index in [4.69, 9.17) is 17.3 Å². The highest BCUT2D eigenvalue weighted by atomic mass is 35.5. The van der Waals surface area contributed by atoms with Gasteiger partial charge in [-0.3, -0.25) is 0 Å². The number of rotatable bonds is 3. The molecule has 0 aliphatic heterocycles. The van der Waals surface area contributed by atoms with E-state index < -0.39 is 0 Å². The van der Waals surface area contributed by atoms with Crippen LogP contribution in [0.1, 0.15) is 25.7 Å². The van der Waals surface area contributed by atoms with Crippen LogP contribution in [-0.2, 0) is 0 Å². The number of nitrogen functional groups attached to an aromatic ring is 1. The van der Waals surface area contributed by atoms with E-state index in [0.717, 1.165) is 38.0 Å². The predicted molar refractivity (Wildman–Crippen MR) is 70.1 cm³/mol. The molecule has 0 saturated heterocycles. The molecule has 1 aromatic heterocycles. The van der Waals surface area contributed by atoms with Crippen molar-refractivity contribution in [1.29, 1.82) is 0 Å². The van der Waals surface area contributed by atoms with Crippen molar-refractivity contribution in [2.24, 2.45) is 5.92 Å². The number of halogens is 1. The third-order valence-electron chi connectivity index (χ3n) is 3.20. The average Bonchev–Trinajstić information content (AvgIpc) is 2.27. The summed E-state index contributed by atoms with van der Waals surface area (Å²) in [6, 6.07) is 3.41. The Balaban J connectivity index is 1.85. The molecule has 4 N–H and O–H groups in total. The van der Waals surface area contributed by atoms with Gasteiger partial charge in [-0.1, -0.05) is 11.6 Å². The van der Waals surface area contributed by atoms with Crippen LogP contribution in [0.3, 0.4) is 0 Å². The lowest BCUT2D eigenvalue weighted by Crippen LogP contribution is -2.23. The molecule has 5 heteroatoms. The number of aliphatic hydroxyl groups excluding tert-OH is 1. The van der Waals surface area contributed by atoms with Crippen LogP contribution in [0.15, 0.2) is 12.1 Å². The Morgan fingerprint density at radius 3 is 2.71 bits per heavy atom. The molecule has 4 nitrogen and oxygen atoms in total. The van der Waals surface area contributed by atoms with Crippen molar-refractivity contribution in [3.63, 3.8) is 0 Å². The monoisotopic (exact) mass is 255 g/mol. The maximum atomic E-state index is 9.42. The third-order valence-corrected chi connectivity index (χ3v) is 3.40. The summed E-state index contributed by atoms with van der Waals surface area (Å²) in [6.45, 7) is 0.861. The molecule has 0 unspecified atom stereocenters. The van der Waals surface area contributed by atoms with Crippen molar-refractivity contribution in [1.82, 2.24) is 4.98 Å². The summed E-state index contributed by atoms with van der Waals surface area (Å²) in [4.78, 5) is 4.16. The quantitative estimate of drug-likeness (QED) is 0.725. The van der Waals surface area contributed by atoms with Crippen LogP contribution in [0.4, 0.5) is 11.5 Å². The topological polar surface area (TPSA) is 71.2 Å². The fraction of sp³-hybridized carbons (Fsp3) is 0.583. The summed E-state index contributed by atoms with van der Waals surface area (Å²) >= 11 is 5.83. The van der Waals surface area contributed by atoms with Gasteiger partial charge in [0.15, 0.2) is 0 Å². The summed E-state index contributed by atoms with van der Waals surface area (Å²) in [5.74, 6) is 1.32.